The van der Waals surface area contributed by atoms with Gasteiger partial charge in [-0.05, 0) is 59.8 Å². The molecule has 0 spiro atoms. The molecule has 2 aromatic heterocycles. The summed E-state index contributed by atoms with van der Waals surface area (Å²) in [4.78, 5) is 10.5. The van der Waals surface area contributed by atoms with Gasteiger partial charge in [0.15, 0.2) is 0 Å². The van der Waals surface area contributed by atoms with E-state index in [1.807, 2.05) is 0 Å². The Bertz CT molecular complexity index is 1890. The van der Waals surface area contributed by atoms with E-state index in [0.29, 0.717) is 0 Å². The molecule has 4 unspecified atom stereocenters. The van der Waals surface area contributed by atoms with Gasteiger partial charge in [0.2, 0.25) is 0 Å². The van der Waals surface area contributed by atoms with Crippen molar-refractivity contribution in [3.8, 4) is 0 Å². The maximum atomic E-state index is 8.91. The summed E-state index contributed by atoms with van der Waals surface area (Å²) < 4.78 is 8.91. The third-order valence-electron chi connectivity index (χ3n) is 12.1. The predicted molar refractivity (Wildman–Crippen MR) is 223 cm³/mol. The Morgan fingerprint density at radius 3 is 1.21 bits per heavy atom. The topological polar surface area (TPSA) is 35.0 Å². The molecule has 0 saturated heterocycles. The number of hydrogen-bond donors (Lipinski definition) is 0. The average molecular weight is 731 g/mol. The van der Waals surface area contributed by atoms with Crippen molar-refractivity contribution in [2.24, 2.45) is 21.7 Å². The summed E-state index contributed by atoms with van der Waals surface area (Å²) in [5, 5.41) is 1.56. The summed E-state index contributed by atoms with van der Waals surface area (Å²) in [6.45, 7) is 18.5. The Hall–Kier alpha value is -3.91. The van der Waals surface area contributed by atoms with Crippen LogP contribution in [0, 0.1) is 21.7 Å². The van der Waals surface area contributed by atoms with Crippen molar-refractivity contribution in [3.05, 3.63) is 167 Å². The van der Waals surface area contributed by atoms with E-state index >= 15 is 0 Å². The van der Waals surface area contributed by atoms with Gasteiger partial charge in [0.05, 0.1) is 0 Å². The number of rotatable bonds is 10. The third-order valence-corrected chi connectivity index (χ3v) is 12.9. The highest BCUT2D eigenvalue weighted by atomic mass is 28.1. The highest BCUT2D eigenvalue weighted by Crippen LogP contribution is 2.68. The molecule has 4 atom stereocenters. The molecular formula is C48H54N2OSi2. The van der Waals surface area contributed by atoms with Gasteiger partial charge in [-0.1, -0.05) is 177 Å². The zero-order valence-electron chi connectivity index (χ0n) is 32.8. The monoisotopic (exact) mass is 730 g/mol. The maximum absolute atomic E-state index is 8.91. The van der Waals surface area contributed by atoms with Gasteiger partial charge in [-0.25, -0.2) is 0 Å². The minimum atomic E-state index is -1.12. The Kier molecular flexibility index (Phi) is 10.8. The van der Waals surface area contributed by atoms with Crippen LogP contribution in [0.15, 0.2) is 134 Å². The van der Waals surface area contributed by atoms with E-state index in [1.54, 1.807) is 0 Å². The number of aryl methyl sites for hydroxylation is 2. The molecule has 6 radical (unpaired) electrons. The molecule has 4 aromatic rings. The molecular weight excluding hydrogens is 677 g/mol. The lowest BCUT2D eigenvalue weighted by Gasteiger charge is -2.64. The normalized spacial score (nSPS) is 22.4. The number of pyridine rings is 2. The van der Waals surface area contributed by atoms with Crippen LogP contribution >= 0.6 is 0 Å². The van der Waals surface area contributed by atoms with E-state index in [1.165, 1.54) is 0 Å². The Labute approximate surface area is 325 Å². The van der Waals surface area contributed by atoms with Crippen LogP contribution in [0.25, 0.3) is 0 Å². The molecule has 5 heteroatoms. The average Bonchev–Trinajstić information content (AvgIpc) is 3.16. The molecule has 0 amide bonds. The lowest BCUT2D eigenvalue weighted by Crippen LogP contribution is -2.65. The van der Waals surface area contributed by atoms with Crippen LogP contribution in [0.1, 0.15) is 102 Å². The van der Waals surface area contributed by atoms with Crippen molar-refractivity contribution in [2.45, 2.75) is 92.3 Å². The third kappa shape index (κ3) is 6.23. The van der Waals surface area contributed by atoms with Crippen LogP contribution in [0.4, 0.5) is 0 Å². The summed E-state index contributed by atoms with van der Waals surface area (Å²) in [5.41, 5.74) is 2.07. The minimum Gasteiger partial charge on any atom is -0.348 e. The molecule has 0 bridgehead atoms. The van der Waals surface area contributed by atoms with Crippen LogP contribution in [-0.2, 0) is 28.8 Å². The molecule has 6 rings (SSSR count). The molecule has 0 N–H and O–H groups in total. The van der Waals surface area contributed by atoms with Crippen molar-refractivity contribution in [2.75, 3.05) is 0 Å². The summed E-state index contributed by atoms with van der Waals surface area (Å²) >= 11 is 0. The molecule has 2 aliphatic carbocycles. The lowest BCUT2D eigenvalue weighted by molar-refractivity contribution is -0.246. The standard InChI is InChI=1S/C48H54N2OSi2/c1-9-37-27-29-39(41(52)49-37)47(35-23-15-11-16-24-35,45(43(3,4)5)31-19-13-20-32-45)51-48(36-25-17-12-18-26-36,40-30-28-38(10-2)50-42(40)53)46(44(6,7)8)33-21-14-22-34-46/h11-31,33H,9-10,32,34H2,1-8H3. The molecule has 0 saturated carbocycles. The van der Waals surface area contributed by atoms with Crippen molar-refractivity contribution in [1.29, 1.82) is 0 Å². The van der Waals surface area contributed by atoms with E-state index in [4.69, 9.17) is 14.7 Å². The smallest absolute Gasteiger partial charge is 0.131 e. The molecule has 3 nitrogen and oxygen atoms in total. The van der Waals surface area contributed by atoms with Gasteiger partial charge in [0.25, 0.3) is 0 Å². The fourth-order valence-corrected chi connectivity index (χ4v) is 9.99. The number of aromatic nitrogens is 2. The first-order valence-corrected chi connectivity index (χ1v) is 20.2. The van der Waals surface area contributed by atoms with E-state index < -0.39 is 22.0 Å². The van der Waals surface area contributed by atoms with Crippen molar-refractivity contribution >= 4 is 31.1 Å². The summed E-state index contributed by atoms with van der Waals surface area (Å²) in [6.07, 6.45) is 21.4. The second kappa shape index (κ2) is 14.7. The van der Waals surface area contributed by atoms with Crippen molar-refractivity contribution < 1.29 is 4.74 Å². The van der Waals surface area contributed by atoms with Gasteiger partial charge in [0, 0.05) is 44.0 Å². The van der Waals surface area contributed by atoms with E-state index in [9.17, 15) is 0 Å². The fourth-order valence-electron chi connectivity index (χ4n) is 9.18. The quantitative estimate of drug-likeness (QED) is 0.153. The Morgan fingerprint density at radius 2 is 0.925 bits per heavy atom. The maximum Gasteiger partial charge on any atom is 0.131 e. The fraction of sp³-hybridized carbons (Fsp3) is 0.375. The lowest BCUT2D eigenvalue weighted by atomic mass is 9.49. The molecule has 270 valence electrons. The second-order valence-corrected chi connectivity index (χ2v) is 17.7. The molecule has 2 heterocycles. The first-order valence-electron chi connectivity index (χ1n) is 19.2. The predicted octanol–water partition coefficient (Wildman–Crippen LogP) is 9.49. The van der Waals surface area contributed by atoms with Gasteiger partial charge >= 0.3 is 0 Å². The first-order chi connectivity index (χ1) is 25.2. The van der Waals surface area contributed by atoms with Crippen molar-refractivity contribution in [3.63, 3.8) is 0 Å². The van der Waals surface area contributed by atoms with Crippen LogP contribution < -0.4 is 10.6 Å². The van der Waals surface area contributed by atoms with Gasteiger partial charge in [-0.3, -0.25) is 9.97 Å². The number of benzene rings is 2. The Morgan fingerprint density at radius 1 is 0.547 bits per heavy atom. The largest absolute Gasteiger partial charge is 0.348 e. The highest BCUT2D eigenvalue weighted by Gasteiger charge is 2.67. The number of nitrogens with zero attached hydrogens (tertiary/aromatic N) is 2. The van der Waals surface area contributed by atoms with Crippen LogP contribution in [0.3, 0.4) is 0 Å². The van der Waals surface area contributed by atoms with Gasteiger partial charge in [-0.2, -0.15) is 0 Å². The van der Waals surface area contributed by atoms with Crippen molar-refractivity contribution in [1.82, 2.24) is 9.97 Å². The molecule has 53 heavy (non-hydrogen) atoms. The Balaban J connectivity index is 1.93. The summed E-state index contributed by atoms with van der Waals surface area (Å²) in [7, 11) is 8.34. The molecule has 2 aromatic carbocycles. The van der Waals surface area contributed by atoms with Gasteiger partial charge in [0.1, 0.15) is 31.7 Å². The summed E-state index contributed by atoms with van der Waals surface area (Å²) in [6, 6.07) is 30.7. The van der Waals surface area contributed by atoms with Crippen LogP contribution in [0.5, 0.6) is 0 Å². The highest BCUT2D eigenvalue weighted by molar-refractivity contribution is 6.32. The second-order valence-electron chi connectivity index (χ2n) is 16.7. The number of allylic oxidation sites excluding steroid dienone is 6. The number of ether oxygens (including phenoxy) is 1. The van der Waals surface area contributed by atoms with Gasteiger partial charge < -0.3 is 4.74 Å². The molecule has 2 aliphatic rings. The van der Waals surface area contributed by atoms with Crippen LogP contribution in [0.2, 0.25) is 0 Å². The molecule has 0 aliphatic heterocycles. The first kappa shape index (κ1) is 38.8. The zero-order valence-corrected chi connectivity index (χ0v) is 34.8. The minimum absolute atomic E-state index is 0.313. The van der Waals surface area contributed by atoms with Gasteiger partial charge in [-0.15, -0.1) is 0 Å². The summed E-state index contributed by atoms with van der Waals surface area (Å²) in [5.74, 6) is 0. The SMILES string of the molecule is CCc1ccc(C(OC(c2ccccc2)(c2ccc(CC)nc2[Si])C2(C(C)(C)C)C=CC=CC2)(c2ccccc2)C2(C(C)(C)C)C=CC=CC2)c([Si])n1. The van der Waals surface area contributed by atoms with Crippen LogP contribution in [-0.4, -0.2) is 30.5 Å². The molecule has 0 fully saturated rings. The van der Waals surface area contributed by atoms with E-state index in [-0.39, 0.29) is 10.8 Å². The number of hydrogen-bond acceptors (Lipinski definition) is 3. The van der Waals surface area contributed by atoms with E-state index in [0.717, 1.165) is 70.0 Å². The van der Waals surface area contributed by atoms with E-state index in [2.05, 4.69) is 209 Å². The zero-order chi connectivity index (χ0) is 38.1.